The summed E-state index contributed by atoms with van der Waals surface area (Å²) in [7, 11) is 0. The standard InChI is InChI=1S/C14H20ClN3O/c15-13-5-4-12(16-17-13)10-18-8-7-14(19)6-2-1-3-11(14)9-18/h4-5,11,19H,1-3,6-10H2. The molecule has 3 rings (SSSR count). The number of aliphatic hydroxyl groups is 1. The third-order valence-electron chi connectivity index (χ3n) is 4.58. The monoisotopic (exact) mass is 281 g/mol. The quantitative estimate of drug-likeness (QED) is 0.903. The van der Waals surface area contributed by atoms with E-state index in [9.17, 15) is 5.11 Å². The van der Waals surface area contributed by atoms with Crippen LogP contribution in [0.5, 0.6) is 0 Å². The smallest absolute Gasteiger partial charge is 0.151 e. The van der Waals surface area contributed by atoms with Crippen molar-refractivity contribution in [2.45, 2.75) is 44.2 Å². The highest BCUT2D eigenvalue weighted by atomic mass is 35.5. The van der Waals surface area contributed by atoms with Crippen LogP contribution >= 0.6 is 11.6 Å². The fourth-order valence-corrected chi connectivity index (χ4v) is 3.54. The highest BCUT2D eigenvalue weighted by Crippen LogP contribution is 2.39. The highest BCUT2D eigenvalue weighted by molar-refractivity contribution is 6.29. The summed E-state index contributed by atoms with van der Waals surface area (Å²) >= 11 is 5.74. The number of rotatable bonds is 2. The van der Waals surface area contributed by atoms with Crippen LogP contribution in [0.15, 0.2) is 12.1 Å². The molecule has 5 heteroatoms. The molecule has 2 aliphatic rings. The summed E-state index contributed by atoms with van der Waals surface area (Å²) in [6, 6.07) is 3.71. The average Bonchev–Trinajstić information content (AvgIpc) is 2.41. The van der Waals surface area contributed by atoms with Gasteiger partial charge in [0, 0.05) is 25.6 Å². The van der Waals surface area contributed by atoms with Gasteiger partial charge in [-0.1, -0.05) is 24.4 Å². The van der Waals surface area contributed by atoms with Gasteiger partial charge in [0.05, 0.1) is 11.3 Å². The Labute approximate surface area is 118 Å². The van der Waals surface area contributed by atoms with Gasteiger partial charge >= 0.3 is 0 Å². The molecule has 1 aromatic rings. The molecule has 1 saturated carbocycles. The summed E-state index contributed by atoms with van der Waals surface area (Å²) in [6.45, 7) is 2.72. The molecule has 1 aromatic heterocycles. The third kappa shape index (κ3) is 2.91. The van der Waals surface area contributed by atoms with Crippen molar-refractivity contribution < 1.29 is 5.11 Å². The Hall–Kier alpha value is -0.710. The van der Waals surface area contributed by atoms with Gasteiger partial charge in [-0.2, -0.15) is 5.10 Å². The van der Waals surface area contributed by atoms with Gasteiger partial charge in [-0.3, -0.25) is 4.90 Å². The predicted octanol–water partition coefficient (Wildman–Crippen LogP) is 2.26. The molecule has 0 spiro atoms. The Morgan fingerprint density at radius 2 is 2.21 bits per heavy atom. The van der Waals surface area contributed by atoms with Crippen LogP contribution in [0.1, 0.15) is 37.8 Å². The second kappa shape index (κ2) is 5.35. The van der Waals surface area contributed by atoms with Gasteiger partial charge in [-0.25, -0.2) is 0 Å². The van der Waals surface area contributed by atoms with E-state index in [0.717, 1.165) is 44.6 Å². The Morgan fingerprint density at radius 1 is 1.32 bits per heavy atom. The van der Waals surface area contributed by atoms with Crippen LogP contribution in [0.3, 0.4) is 0 Å². The SMILES string of the molecule is OC12CCCCC1CN(Cc1ccc(Cl)nn1)CC2. The van der Waals surface area contributed by atoms with Gasteiger partial charge < -0.3 is 5.11 Å². The van der Waals surface area contributed by atoms with Crippen LogP contribution in [0.25, 0.3) is 0 Å². The molecular weight excluding hydrogens is 262 g/mol. The van der Waals surface area contributed by atoms with Gasteiger partial charge in [0.25, 0.3) is 0 Å². The maximum atomic E-state index is 10.6. The number of aromatic nitrogens is 2. The van der Waals surface area contributed by atoms with Gasteiger partial charge in [-0.05, 0) is 31.4 Å². The van der Waals surface area contributed by atoms with Crippen molar-refractivity contribution in [3.63, 3.8) is 0 Å². The highest BCUT2D eigenvalue weighted by Gasteiger charge is 2.42. The lowest BCUT2D eigenvalue weighted by Crippen LogP contribution is -2.53. The van der Waals surface area contributed by atoms with Crippen LogP contribution < -0.4 is 0 Å². The Kier molecular flexibility index (Phi) is 3.74. The predicted molar refractivity (Wildman–Crippen MR) is 73.8 cm³/mol. The third-order valence-corrected chi connectivity index (χ3v) is 4.79. The van der Waals surface area contributed by atoms with E-state index in [2.05, 4.69) is 15.1 Å². The lowest BCUT2D eigenvalue weighted by atomic mass is 9.71. The van der Waals surface area contributed by atoms with E-state index in [0.29, 0.717) is 11.1 Å². The maximum Gasteiger partial charge on any atom is 0.151 e. The fraction of sp³-hybridized carbons (Fsp3) is 0.714. The van der Waals surface area contributed by atoms with Crippen molar-refractivity contribution in [3.8, 4) is 0 Å². The molecule has 0 radical (unpaired) electrons. The Balaban J connectivity index is 1.63. The molecule has 0 amide bonds. The van der Waals surface area contributed by atoms with Gasteiger partial charge in [-0.15, -0.1) is 5.10 Å². The summed E-state index contributed by atoms with van der Waals surface area (Å²) in [5.41, 5.74) is 0.547. The lowest BCUT2D eigenvalue weighted by molar-refractivity contribution is -0.0969. The van der Waals surface area contributed by atoms with E-state index in [1.54, 1.807) is 6.07 Å². The molecule has 0 bridgehead atoms. The summed E-state index contributed by atoms with van der Waals surface area (Å²) in [5.74, 6) is 0.426. The Bertz CT molecular complexity index is 439. The minimum absolute atomic E-state index is 0.402. The van der Waals surface area contributed by atoms with E-state index >= 15 is 0 Å². The Morgan fingerprint density at radius 3 is 3.00 bits per heavy atom. The molecule has 4 nitrogen and oxygen atoms in total. The minimum Gasteiger partial charge on any atom is -0.390 e. The van der Waals surface area contributed by atoms with Crippen molar-refractivity contribution in [3.05, 3.63) is 23.0 Å². The van der Waals surface area contributed by atoms with Gasteiger partial charge in [0.15, 0.2) is 5.15 Å². The molecular formula is C14H20ClN3O. The van der Waals surface area contributed by atoms with Crippen molar-refractivity contribution >= 4 is 11.6 Å². The molecule has 2 unspecified atom stereocenters. The number of nitrogens with zero attached hydrogens (tertiary/aromatic N) is 3. The number of likely N-dealkylation sites (tertiary alicyclic amines) is 1. The topological polar surface area (TPSA) is 49.2 Å². The molecule has 104 valence electrons. The van der Waals surface area contributed by atoms with E-state index in [1.165, 1.54) is 12.8 Å². The molecule has 0 aromatic carbocycles. The van der Waals surface area contributed by atoms with Gasteiger partial charge in [0.2, 0.25) is 0 Å². The van der Waals surface area contributed by atoms with Crippen LogP contribution in [0.2, 0.25) is 5.15 Å². The number of halogens is 1. The zero-order chi connectivity index (χ0) is 13.3. The summed E-state index contributed by atoms with van der Waals surface area (Å²) in [4.78, 5) is 2.38. The molecule has 1 aliphatic carbocycles. The second-order valence-electron chi connectivity index (χ2n) is 5.88. The number of piperidine rings is 1. The van der Waals surface area contributed by atoms with E-state index in [4.69, 9.17) is 11.6 Å². The summed E-state index contributed by atoms with van der Waals surface area (Å²) in [6.07, 6.45) is 5.45. The fourth-order valence-electron chi connectivity index (χ4n) is 3.44. The largest absolute Gasteiger partial charge is 0.390 e. The van der Waals surface area contributed by atoms with Crippen molar-refractivity contribution in [2.24, 2.45) is 5.92 Å². The van der Waals surface area contributed by atoms with Gasteiger partial charge in [0.1, 0.15) is 0 Å². The number of fused-ring (bicyclic) bond motifs is 1. The first-order valence-corrected chi connectivity index (χ1v) is 7.46. The minimum atomic E-state index is -0.402. The zero-order valence-corrected chi connectivity index (χ0v) is 11.8. The summed E-state index contributed by atoms with van der Waals surface area (Å²) < 4.78 is 0. The molecule has 2 fully saturated rings. The van der Waals surface area contributed by atoms with Crippen molar-refractivity contribution in [1.29, 1.82) is 0 Å². The first kappa shape index (κ1) is 13.3. The lowest BCUT2D eigenvalue weighted by Gasteiger charge is -2.47. The maximum absolute atomic E-state index is 10.6. The second-order valence-corrected chi connectivity index (χ2v) is 6.27. The van der Waals surface area contributed by atoms with E-state index in [-0.39, 0.29) is 0 Å². The molecule has 1 saturated heterocycles. The van der Waals surface area contributed by atoms with Crippen LogP contribution in [-0.2, 0) is 6.54 Å². The van der Waals surface area contributed by atoms with Crippen LogP contribution in [0, 0.1) is 5.92 Å². The average molecular weight is 282 g/mol. The molecule has 1 aliphatic heterocycles. The van der Waals surface area contributed by atoms with E-state index < -0.39 is 5.60 Å². The van der Waals surface area contributed by atoms with Crippen LogP contribution in [0.4, 0.5) is 0 Å². The molecule has 2 heterocycles. The first-order chi connectivity index (χ1) is 9.16. The first-order valence-electron chi connectivity index (χ1n) is 7.09. The van der Waals surface area contributed by atoms with Crippen LogP contribution in [-0.4, -0.2) is 38.9 Å². The normalized spacial score (nSPS) is 32.0. The van der Waals surface area contributed by atoms with Crippen molar-refractivity contribution in [1.82, 2.24) is 15.1 Å². The number of hydrogen-bond donors (Lipinski definition) is 1. The zero-order valence-electron chi connectivity index (χ0n) is 11.1. The molecule has 1 N–H and O–H groups in total. The van der Waals surface area contributed by atoms with E-state index in [1.807, 2.05) is 6.07 Å². The summed E-state index contributed by atoms with van der Waals surface area (Å²) in [5, 5.41) is 19.1. The van der Waals surface area contributed by atoms with Crippen molar-refractivity contribution in [2.75, 3.05) is 13.1 Å². The molecule has 2 atom stereocenters. The molecule has 19 heavy (non-hydrogen) atoms. The number of hydrogen-bond acceptors (Lipinski definition) is 4.